The lowest BCUT2D eigenvalue weighted by atomic mass is 10.1. The van der Waals surface area contributed by atoms with E-state index >= 15 is 0 Å². The molecule has 3 amide bonds. The van der Waals surface area contributed by atoms with E-state index in [2.05, 4.69) is 25.9 Å². The first-order chi connectivity index (χ1) is 13.6. The predicted molar refractivity (Wildman–Crippen MR) is 98.1 cm³/mol. The maximum Gasteiger partial charge on any atom is 0.328 e. The van der Waals surface area contributed by atoms with Crippen LogP contribution in [0.15, 0.2) is 12.5 Å². The molecule has 29 heavy (non-hydrogen) atoms. The number of aromatic amines is 1. The van der Waals surface area contributed by atoms with Crippen molar-refractivity contribution in [1.82, 2.24) is 25.9 Å². The molecule has 0 radical (unpaired) electrons. The van der Waals surface area contributed by atoms with Gasteiger partial charge in [0.25, 0.3) is 0 Å². The fourth-order valence-corrected chi connectivity index (χ4v) is 2.17. The second-order valence-electron chi connectivity index (χ2n) is 6.42. The van der Waals surface area contributed by atoms with Crippen molar-refractivity contribution >= 4 is 23.7 Å². The summed E-state index contributed by atoms with van der Waals surface area (Å²) in [6, 6.07) is -5.11. The Hall–Kier alpha value is -3.03. The summed E-state index contributed by atoms with van der Waals surface area (Å²) >= 11 is 0. The molecular weight excluding hydrogens is 388 g/mol. The Morgan fingerprint density at radius 1 is 1.10 bits per heavy atom. The largest absolute Gasteiger partial charge is 0.480 e. The standard InChI is InChI=1S/C16H26N6O7/c1-7(20-15(27)12(17)8(2)24)13(25)21-10(3-9-4-18-6-19-9)14(26)22-11(5-23)16(28)29/h4,6-8,10-12,23-24H,3,5,17H2,1-2H3,(H,18,19)(H,20,27)(H,21,25)(H,22,26)(H,28,29). The van der Waals surface area contributed by atoms with E-state index in [1.807, 2.05) is 0 Å². The molecule has 13 nitrogen and oxygen atoms in total. The number of amides is 3. The smallest absolute Gasteiger partial charge is 0.328 e. The highest BCUT2D eigenvalue weighted by atomic mass is 16.4. The van der Waals surface area contributed by atoms with E-state index in [0.717, 1.165) is 0 Å². The molecule has 1 heterocycles. The highest BCUT2D eigenvalue weighted by Crippen LogP contribution is 2.01. The second-order valence-corrected chi connectivity index (χ2v) is 6.42. The van der Waals surface area contributed by atoms with Crippen LogP contribution in [0.3, 0.4) is 0 Å². The monoisotopic (exact) mass is 414 g/mol. The zero-order chi connectivity index (χ0) is 22.1. The molecule has 5 atom stereocenters. The summed E-state index contributed by atoms with van der Waals surface area (Å²) in [6.07, 6.45) is 1.60. The lowest BCUT2D eigenvalue weighted by Gasteiger charge is -2.23. The van der Waals surface area contributed by atoms with Crippen LogP contribution in [-0.4, -0.2) is 85.9 Å². The Morgan fingerprint density at radius 3 is 2.21 bits per heavy atom. The molecule has 0 fully saturated rings. The number of carbonyl (C=O) groups excluding carboxylic acids is 3. The molecule has 13 heteroatoms. The Morgan fingerprint density at radius 2 is 1.72 bits per heavy atom. The maximum absolute atomic E-state index is 12.4. The molecular formula is C16H26N6O7. The Kier molecular flexibility index (Phi) is 9.18. The highest BCUT2D eigenvalue weighted by Gasteiger charge is 2.29. The zero-order valence-electron chi connectivity index (χ0n) is 16.0. The minimum Gasteiger partial charge on any atom is -0.480 e. The van der Waals surface area contributed by atoms with Gasteiger partial charge in [-0.2, -0.15) is 0 Å². The summed E-state index contributed by atoms with van der Waals surface area (Å²) in [6.45, 7) is 1.83. The van der Waals surface area contributed by atoms with E-state index < -0.39 is 60.6 Å². The number of hydrogen-bond donors (Lipinski definition) is 8. The van der Waals surface area contributed by atoms with E-state index in [0.29, 0.717) is 5.69 Å². The summed E-state index contributed by atoms with van der Waals surface area (Å²) in [5.74, 6) is -3.80. The summed E-state index contributed by atoms with van der Waals surface area (Å²) in [4.78, 5) is 54.3. The van der Waals surface area contributed by atoms with Crippen LogP contribution >= 0.6 is 0 Å². The van der Waals surface area contributed by atoms with E-state index in [1.165, 1.54) is 26.4 Å². The van der Waals surface area contributed by atoms with Crippen LogP contribution in [0.2, 0.25) is 0 Å². The average Bonchev–Trinajstić information content (AvgIpc) is 3.17. The fourth-order valence-electron chi connectivity index (χ4n) is 2.17. The molecule has 0 bridgehead atoms. The molecule has 0 aliphatic heterocycles. The van der Waals surface area contributed by atoms with E-state index in [-0.39, 0.29) is 6.42 Å². The number of aromatic nitrogens is 2. The van der Waals surface area contributed by atoms with Gasteiger partial charge in [-0.1, -0.05) is 0 Å². The molecule has 0 saturated heterocycles. The zero-order valence-corrected chi connectivity index (χ0v) is 16.0. The van der Waals surface area contributed by atoms with Crippen molar-refractivity contribution in [2.45, 2.75) is 50.5 Å². The minimum absolute atomic E-state index is 0.0524. The van der Waals surface area contributed by atoms with Crippen molar-refractivity contribution in [2.75, 3.05) is 6.61 Å². The van der Waals surface area contributed by atoms with Crippen LogP contribution in [0.25, 0.3) is 0 Å². The van der Waals surface area contributed by atoms with E-state index in [1.54, 1.807) is 0 Å². The maximum atomic E-state index is 12.4. The van der Waals surface area contributed by atoms with Gasteiger partial charge in [0.2, 0.25) is 17.7 Å². The van der Waals surface area contributed by atoms with Crippen LogP contribution in [0.4, 0.5) is 0 Å². The van der Waals surface area contributed by atoms with Crippen LogP contribution in [0.5, 0.6) is 0 Å². The predicted octanol–water partition coefficient (Wildman–Crippen LogP) is -3.79. The third kappa shape index (κ3) is 7.48. The van der Waals surface area contributed by atoms with Crippen LogP contribution in [-0.2, 0) is 25.6 Å². The first-order valence-corrected chi connectivity index (χ1v) is 8.72. The third-order valence-electron chi connectivity index (χ3n) is 3.98. The number of nitrogens with one attached hydrogen (secondary N) is 4. The van der Waals surface area contributed by atoms with Crippen molar-refractivity contribution in [2.24, 2.45) is 5.73 Å². The topological polar surface area (TPSA) is 220 Å². The molecule has 5 unspecified atom stereocenters. The first kappa shape index (κ1) is 24.0. The van der Waals surface area contributed by atoms with Crippen LogP contribution in [0.1, 0.15) is 19.5 Å². The summed E-state index contributed by atoms with van der Waals surface area (Å²) in [7, 11) is 0. The number of carboxylic acid groups (broad SMARTS) is 1. The number of nitrogens with zero attached hydrogens (tertiary/aromatic N) is 1. The van der Waals surface area contributed by atoms with Gasteiger partial charge in [-0.05, 0) is 13.8 Å². The third-order valence-corrected chi connectivity index (χ3v) is 3.98. The molecule has 0 aliphatic rings. The van der Waals surface area contributed by atoms with Crippen molar-refractivity contribution < 1.29 is 34.5 Å². The fraction of sp³-hybridized carbons (Fsp3) is 0.562. The van der Waals surface area contributed by atoms with Gasteiger partial charge in [0.1, 0.15) is 24.2 Å². The van der Waals surface area contributed by atoms with E-state index in [9.17, 15) is 24.3 Å². The molecule has 1 aromatic heterocycles. The van der Waals surface area contributed by atoms with Crippen molar-refractivity contribution in [1.29, 1.82) is 0 Å². The van der Waals surface area contributed by atoms with Crippen LogP contribution < -0.4 is 21.7 Å². The molecule has 1 aromatic rings. The lowest BCUT2D eigenvalue weighted by molar-refractivity contribution is -0.143. The Bertz CT molecular complexity index is 709. The average molecular weight is 414 g/mol. The molecule has 0 spiro atoms. The number of carbonyl (C=O) groups is 4. The number of aliphatic hydroxyl groups is 2. The number of nitrogens with two attached hydrogens (primary N) is 1. The molecule has 0 saturated carbocycles. The van der Waals surface area contributed by atoms with Gasteiger partial charge in [0, 0.05) is 18.3 Å². The van der Waals surface area contributed by atoms with Gasteiger partial charge in [0.05, 0.1) is 19.0 Å². The molecule has 9 N–H and O–H groups in total. The van der Waals surface area contributed by atoms with Gasteiger partial charge >= 0.3 is 5.97 Å². The Labute approximate surface area is 166 Å². The summed E-state index contributed by atoms with van der Waals surface area (Å²) in [5.41, 5.74) is 5.98. The Balaban J connectivity index is 2.84. The molecule has 162 valence electrons. The molecule has 0 aliphatic carbocycles. The number of rotatable bonds is 11. The summed E-state index contributed by atoms with van der Waals surface area (Å²) < 4.78 is 0. The molecule has 1 rings (SSSR count). The van der Waals surface area contributed by atoms with Gasteiger partial charge < -0.3 is 42.0 Å². The normalized spacial score (nSPS) is 16.0. The van der Waals surface area contributed by atoms with Gasteiger partial charge in [-0.15, -0.1) is 0 Å². The van der Waals surface area contributed by atoms with Gasteiger partial charge in [0.15, 0.2) is 0 Å². The first-order valence-electron chi connectivity index (χ1n) is 8.72. The van der Waals surface area contributed by atoms with Gasteiger partial charge in [-0.3, -0.25) is 14.4 Å². The minimum atomic E-state index is -1.55. The number of hydrogen-bond acceptors (Lipinski definition) is 8. The number of H-pyrrole nitrogens is 1. The number of imidazole rings is 1. The number of aliphatic carboxylic acids is 1. The molecule has 0 aromatic carbocycles. The quantitative estimate of drug-likeness (QED) is 0.178. The highest BCUT2D eigenvalue weighted by molar-refractivity contribution is 5.94. The van der Waals surface area contributed by atoms with Gasteiger partial charge in [-0.25, -0.2) is 9.78 Å². The van der Waals surface area contributed by atoms with Crippen molar-refractivity contribution in [3.63, 3.8) is 0 Å². The SMILES string of the molecule is CC(NC(=O)C(N)C(C)O)C(=O)NC(Cc1cnc[nH]1)C(=O)NC(CO)C(=O)O. The van der Waals surface area contributed by atoms with Crippen molar-refractivity contribution in [3.05, 3.63) is 18.2 Å². The number of aliphatic hydroxyl groups excluding tert-OH is 2. The van der Waals surface area contributed by atoms with Crippen molar-refractivity contribution in [3.8, 4) is 0 Å². The van der Waals surface area contributed by atoms with E-state index in [4.69, 9.17) is 15.9 Å². The summed E-state index contributed by atoms with van der Waals surface area (Å²) in [5, 5.41) is 34.2. The second kappa shape index (κ2) is 11.1. The lowest BCUT2D eigenvalue weighted by Crippen LogP contribution is -2.58. The van der Waals surface area contributed by atoms with Crippen LogP contribution in [0, 0.1) is 0 Å². The number of carboxylic acids is 1.